The van der Waals surface area contributed by atoms with Crippen LogP contribution < -0.4 is 10.2 Å². The Hall–Kier alpha value is -2.82. The number of urea groups is 1. The number of H-pyrrole nitrogens is 1. The van der Waals surface area contributed by atoms with Gasteiger partial charge in [-0.3, -0.25) is 4.90 Å². The van der Waals surface area contributed by atoms with E-state index in [1.54, 1.807) is 17.0 Å². The molecule has 0 bridgehead atoms. The number of aromatic amines is 1. The van der Waals surface area contributed by atoms with Crippen molar-refractivity contribution >= 4 is 28.3 Å². The fourth-order valence-corrected chi connectivity index (χ4v) is 3.13. The lowest BCUT2D eigenvalue weighted by atomic mass is 10.1. The summed E-state index contributed by atoms with van der Waals surface area (Å²) in [5.74, 6) is -0.248. The van der Waals surface area contributed by atoms with Gasteiger partial charge in [-0.25, -0.2) is 9.18 Å². The lowest BCUT2D eigenvalue weighted by Gasteiger charge is -2.19. The van der Waals surface area contributed by atoms with Crippen molar-refractivity contribution < 1.29 is 9.18 Å². The average Bonchev–Trinajstić information content (AvgIpc) is 3.14. The van der Waals surface area contributed by atoms with Crippen molar-refractivity contribution in [3.05, 3.63) is 59.5 Å². The molecule has 0 radical (unpaired) electrons. The third kappa shape index (κ3) is 2.25. The summed E-state index contributed by atoms with van der Waals surface area (Å²) >= 11 is 0. The van der Waals surface area contributed by atoms with Crippen molar-refractivity contribution in [3.8, 4) is 0 Å². The van der Waals surface area contributed by atoms with Gasteiger partial charge in [0.1, 0.15) is 5.82 Å². The van der Waals surface area contributed by atoms with E-state index in [2.05, 4.69) is 10.3 Å². The maximum atomic E-state index is 13.8. The van der Waals surface area contributed by atoms with Crippen molar-refractivity contribution in [2.24, 2.45) is 0 Å². The first-order valence-electron chi connectivity index (χ1n) is 7.57. The smallest absolute Gasteiger partial charge is 0.326 e. The zero-order valence-corrected chi connectivity index (χ0v) is 12.7. The van der Waals surface area contributed by atoms with Gasteiger partial charge in [0.05, 0.1) is 5.69 Å². The molecule has 0 fully saturated rings. The summed E-state index contributed by atoms with van der Waals surface area (Å²) < 4.78 is 13.8. The molecule has 0 atom stereocenters. The molecule has 3 aromatic rings. The van der Waals surface area contributed by atoms with Crippen molar-refractivity contribution in [2.75, 3.05) is 16.8 Å². The van der Waals surface area contributed by atoms with Crippen LogP contribution in [-0.4, -0.2) is 17.6 Å². The predicted molar refractivity (Wildman–Crippen MR) is 89.5 cm³/mol. The topological polar surface area (TPSA) is 48.1 Å². The third-order valence-electron chi connectivity index (χ3n) is 4.36. The van der Waals surface area contributed by atoms with E-state index in [9.17, 15) is 9.18 Å². The Kier molecular flexibility index (Phi) is 3.08. The fourth-order valence-electron chi connectivity index (χ4n) is 3.13. The summed E-state index contributed by atoms with van der Waals surface area (Å²) in [6.45, 7) is 2.45. The molecule has 0 spiro atoms. The van der Waals surface area contributed by atoms with E-state index in [1.807, 2.05) is 31.3 Å². The van der Waals surface area contributed by atoms with Gasteiger partial charge < -0.3 is 10.3 Å². The lowest BCUT2D eigenvalue weighted by Crippen LogP contribution is -2.33. The molecule has 1 aliphatic heterocycles. The molecule has 0 saturated heterocycles. The molecule has 1 aromatic heterocycles. The minimum Gasteiger partial charge on any atom is -0.361 e. The monoisotopic (exact) mass is 309 g/mol. The van der Waals surface area contributed by atoms with E-state index >= 15 is 0 Å². The first-order valence-corrected chi connectivity index (χ1v) is 7.57. The number of aryl methyl sites for hydroxylation is 1. The fraction of sp³-hybridized carbons (Fsp3) is 0.167. The molecule has 23 heavy (non-hydrogen) atoms. The van der Waals surface area contributed by atoms with E-state index in [0.29, 0.717) is 24.2 Å². The largest absolute Gasteiger partial charge is 0.361 e. The average molecular weight is 309 g/mol. The zero-order valence-electron chi connectivity index (χ0n) is 12.7. The minimum atomic E-state index is -0.248. The Labute approximate surface area is 132 Å². The number of fused-ring (bicyclic) bond motifs is 2. The lowest BCUT2D eigenvalue weighted by molar-refractivity contribution is 0.257. The van der Waals surface area contributed by atoms with Crippen molar-refractivity contribution in [1.29, 1.82) is 0 Å². The highest BCUT2D eigenvalue weighted by Crippen LogP contribution is 2.31. The summed E-state index contributed by atoms with van der Waals surface area (Å²) in [4.78, 5) is 17.3. The van der Waals surface area contributed by atoms with Gasteiger partial charge in [0.2, 0.25) is 0 Å². The minimum absolute atomic E-state index is 0.233. The first-order chi connectivity index (χ1) is 11.1. The van der Waals surface area contributed by atoms with Crippen LogP contribution in [0.15, 0.2) is 42.6 Å². The Morgan fingerprint density at radius 3 is 3.04 bits per heavy atom. The summed E-state index contributed by atoms with van der Waals surface area (Å²) in [6.07, 6.45) is 2.42. The first kappa shape index (κ1) is 13.8. The number of anilines is 2. The third-order valence-corrected chi connectivity index (χ3v) is 4.36. The van der Waals surface area contributed by atoms with Crippen molar-refractivity contribution in [3.63, 3.8) is 0 Å². The second-order valence-corrected chi connectivity index (χ2v) is 5.80. The maximum absolute atomic E-state index is 13.8. The Balaban J connectivity index is 1.63. The SMILES string of the molecule is Cc1cc2cc[nH]c2cc1NC(=O)N1CCc2c(F)cccc21. The Morgan fingerprint density at radius 2 is 2.17 bits per heavy atom. The van der Waals surface area contributed by atoms with Crippen molar-refractivity contribution in [1.82, 2.24) is 4.98 Å². The molecule has 0 unspecified atom stereocenters. The van der Waals surface area contributed by atoms with Gasteiger partial charge in [-0.05, 0) is 54.6 Å². The number of amides is 2. The normalized spacial score (nSPS) is 13.4. The second-order valence-electron chi connectivity index (χ2n) is 5.80. The quantitative estimate of drug-likeness (QED) is 0.695. The summed E-state index contributed by atoms with van der Waals surface area (Å²) in [6, 6.07) is 10.6. The number of carbonyl (C=O) groups excluding carboxylic acids is 1. The zero-order chi connectivity index (χ0) is 16.0. The molecule has 0 aliphatic carbocycles. The van der Waals surface area contributed by atoms with Gasteiger partial charge in [-0.1, -0.05) is 6.07 Å². The molecule has 2 aromatic carbocycles. The Bertz CT molecular complexity index is 916. The number of aromatic nitrogens is 1. The van der Waals surface area contributed by atoms with E-state index in [1.165, 1.54) is 6.07 Å². The van der Waals surface area contributed by atoms with E-state index < -0.39 is 0 Å². The summed E-state index contributed by atoms with van der Waals surface area (Å²) in [5, 5.41) is 4.04. The molecule has 2 amide bonds. The number of rotatable bonds is 1. The van der Waals surface area contributed by atoms with Crippen LogP contribution in [0.4, 0.5) is 20.6 Å². The van der Waals surface area contributed by atoms with Crippen LogP contribution in [0.2, 0.25) is 0 Å². The van der Waals surface area contributed by atoms with Crippen LogP contribution in [0.3, 0.4) is 0 Å². The van der Waals surface area contributed by atoms with Gasteiger partial charge in [0.15, 0.2) is 0 Å². The van der Waals surface area contributed by atoms with Crippen LogP contribution in [-0.2, 0) is 6.42 Å². The van der Waals surface area contributed by atoms with Gasteiger partial charge in [0.25, 0.3) is 0 Å². The van der Waals surface area contributed by atoms with Crippen LogP contribution in [0.1, 0.15) is 11.1 Å². The predicted octanol–water partition coefficient (Wildman–Crippen LogP) is 4.21. The Morgan fingerprint density at radius 1 is 1.30 bits per heavy atom. The van der Waals surface area contributed by atoms with E-state index in [0.717, 1.165) is 22.2 Å². The van der Waals surface area contributed by atoms with Crippen LogP contribution in [0, 0.1) is 12.7 Å². The van der Waals surface area contributed by atoms with Crippen LogP contribution in [0.25, 0.3) is 10.9 Å². The summed E-state index contributed by atoms with van der Waals surface area (Å²) in [7, 11) is 0. The van der Waals surface area contributed by atoms with E-state index in [4.69, 9.17) is 0 Å². The highest BCUT2D eigenvalue weighted by molar-refractivity contribution is 6.04. The molecule has 1 aliphatic rings. The number of benzene rings is 2. The number of nitrogens with zero attached hydrogens (tertiary/aromatic N) is 1. The van der Waals surface area contributed by atoms with E-state index in [-0.39, 0.29) is 11.8 Å². The second kappa shape index (κ2) is 5.12. The molecule has 0 saturated carbocycles. The molecule has 2 N–H and O–H groups in total. The molecule has 116 valence electrons. The number of hydrogen-bond donors (Lipinski definition) is 2. The molecule has 4 rings (SSSR count). The number of hydrogen-bond acceptors (Lipinski definition) is 1. The molecule has 5 heteroatoms. The van der Waals surface area contributed by atoms with Gasteiger partial charge in [-0.15, -0.1) is 0 Å². The van der Waals surface area contributed by atoms with Gasteiger partial charge in [-0.2, -0.15) is 0 Å². The number of nitrogens with one attached hydrogen (secondary N) is 2. The standard InChI is InChI=1S/C18H16FN3O/c1-11-9-12-5-7-20-16(12)10-15(11)21-18(23)22-8-6-13-14(19)3-2-4-17(13)22/h2-5,7,9-10,20H,6,8H2,1H3,(H,21,23). The highest BCUT2D eigenvalue weighted by Gasteiger charge is 2.27. The van der Waals surface area contributed by atoms with Crippen LogP contribution in [0.5, 0.6) is 0 Å². The number of halogens is 1. The molecular weight excluding hydrogens is 293 g/mol. The summed E-state index contributed by atoms with van der Waals surface area (Å²) in [5.41, 5.74) is 3.98. The van der Waals surface area contributed by atoms with Crippen LogP contribution >= 0.6 is 0 Å². The maximum Gasteiger partial charge on any atom is 0.326 e. The van der Waals surface area contributed by atoms with Gasteiger partial charge in [0, 0.05) is 29.5 Å². The number of carbonyl (C=O) groups is 1. The molecule has 4 nitrogen and oxygen atoms in total. The molecule has 2 heterocycles. The highest BCUT2D eigenvalue weighted by atomic mass is 19.1. The molecular formula is C18H16FN3O. The van der Waals surface area contributed by atoms with Gasteiger partial charge >= 0.3 is 6.03 Å². The van der Waals surface area contributed by atoms with Crippen molar-refractivity contribution in [2.45, 2.75) is 13.3 Å².